The van der Waals surface area contributed by atoms with E-state index in [0.717, 1.165) is 11.1 Å². The maximum atomic E-state index is 13.4. The van der Waals surface area contributed by atoms with Crippen molar-refractivity contribution in [1.29, 1.82) is 0 Å². The number of hydrogen-bond donors (Lipinski definition) is 2. The van der Waals surface area contributed by atoms with E-state index in [9.17, 15) is 9.18 Å². The fourth-order valence-electron chi connectivity index (χ4n) is 2.08. The van der Waals surface area contributed by atoms with Crippen LogP contribution in [0.2, 0.25) is 0 Å². The maximum absolute atomic E-state index is 13.4. The smallest absolute Gasteiger partial charge is 0.315 e. The minimum atomic E-state index is -0.338. The van der Waals surface area contributed by atoms with Crippen LogP contribution in [-0.2, 0) is 24.4 Å². The zero-order valence-corrected chi connectivity index (χ0v) is 12.4. The molecule has 0 saturated carbocycles. The number of methoxy groups -OCH3 is 1. The summed E-state index contributed by atoms with van der Waals surface area (Å²) in [7, 11) is 1.63. The normalized spacial score (nSPS) is 10.3. The van der Waals surface area contributed by atoms with E-state index >= 15 is 0 Å². The lowest BCUT2D eigenvalue weighted by Crippen LogP contribution is -2.35. The first-order valence-corrected chi connectivity index (χ1v) is 7.01. The van der Waals surface area contributed by atoms with Crippen molar-refractivity contribution < 1.29 is 13.9 Å². The predicted octanol–water partition coefficient (Wildman–Crippen LogP) is 2.97. The molecular formula is C17H19FN2O2. The van der Waals surface area contributed by atoms with E-state index in [1.165, 1.54) is 6.07 Å². The van der Waals surface area contributed by atoms with Crippen LogP contribution >= 0.6 is 0 Å². The fraction of sp³-hybridized carbons (Fsp3) is 0.235. The van der Waals surface area contributed by atoms with Crippen LogP contribution in [0.3, 0.4) is 0 Å². The number of benzene rings is 2. The topological polar surface area (TPSA) is 50.4 Å². The van der Waals surface area contributed by atoms with Gasteiger partial charge in [0.25, 0.3) is 0 Å². The Morgan fingerprint density at radius 2 is 1.50 bits per heavy atom. The zero-order valence-electron chi connectivity index (χ0n) is 12.4. The van der Waals surface area contributed by atoms with Crippen molar-refractivity contribution in [2.75, 3.05) is 7.11 Å². The number of hydrogen-bond acceptors (Lipinski definition) is 2. The highest BCUT2D eigenvalue weighted by atomic mass is 19.1. The van der Waals surface area contributed by atoms with Gasteiger partial charge >= 0.3 is 6.03 Å². The molecule has 0 aliphatic carbocycles. The molecule has 2 N–H and O–H groups in total. The molecule has 2 aromatic carbocycles. The van der Waals surface area contributed by atoms with E-state index in [0.29, 0.717) is 18.7 Å². The van der Waals surface area contributed by atoms with Crippen LogP contribution in [0.15, 0.2) is 48.5 Å². The van der Waals surface area contributed by atoms with Crippen molar-refractivity contribution in [2.24, 2.45) is 0 Å². The van der Waals surface area contributed by atoms with Gasteiger partial charge in [0, 0.05) is 25.8 Å². The molecule has 0 bridgehead atoms. The van der Waals surface area contributed by atoms with Gasteiger partial charge in [0.15, 0.2) is 0 Å². The standard InChI is InChI=1S/C17H19FN2O2/c1-22-12-15-8-3-2-6-13(15)10-19-17(21)20-11-14-7-4-5-9-16(14)18/h2-9H,10-12H2,1H3,(H2,19,20,21). The van der Waals surface area contributed by atoms with Gasteiger partial charge in [-0.05, 0) is 17.2 Å². The second kappa shape index (κ2) is 8.14. The first-order valence-electron chi connectivity index (χ1n) is 7.01. The molecule has 0 saturated heterocycles. The van der Waals surface area contributed by atoms with Crippen LogP contribution in [0.5, 0.6) is 0 Å². The average molecular weight is 302 g/mol. The Labute approximate surface area is 129 Å². The van der Waals surface area contributed by atoms with Gasteiger partial charge in [-0.3, -0.25) is 0 Å². The van der Waals surface area contributed by atoms with Crippen molar-refractivity contribution >= 4 is 6.03 Å². The Balaban J connectivity index is 1.84. The third-order valence-electron chi connectivity index (χ3n) is 3.25. The first kappa shape index (κ1) is 16.0. The van der Waals surface area contributed by atoms with Crippen LogP contribution in [0.4, 0.5) is 9.18 Å². The van der Waals surface area contributed by atoms with Crippen molar-refractivity contribution in [3.05, 3.63) is 71.0 Å². The van der Waals surface area contributed by atoms with Gasteiger partial charge in [0.1, 0.15) is 5.82 Å². The number of carbonyl (C=O) groups excluding carboxylic acids is 1. The molecule has 2 aromatic rings. The van der Waals surface area contributed by atoms with E-state index in [4.69, 9.17) is 4.74 Å². The number of nitrogens with one attached hydrogen (secondary N) is 2. The highest BCUT2D eigenvalue weighted by Crippen LogP contribution is 2.09. The summed E-state index contributed by atoms with van der Waals surface area (Å²) >= 11 is 0. The molecule has 0 radical (unpaired) electrons. The second-order valence-corrected chi connectivity index (χ2v) is 4.83. The van der Waals surface area contributed by atoms with Crippen LogP contribution in [0, 0.1) is 5.82 Å². The molecule has 4 nitrogen and oxygen atoms in total. The number of urea groups is 1. The summed E-state index contributed by atoms with van der Waals surface area (Å²) in [5, 5.41) is 5.40. The first-order chi connectivity index (χ1) is 10.7. The molecule has 0 aliphatic heterocycles. The van der Waals surface area contributed by atoms with Gasteiger partial charge in [-0.1, -0.05) is 42.5 Å². The zero-order chi connectivity index (χ0) is 15.8. The summed E-state index contributed by atoms with van der Waals surface area (Å²) in [5.41, 5.74) is 2.47. The van der Waals surface area contributed by atoms with Crippen molar-refractivity contribution in [2.45, 2.75) is 19.7 Å². The van der Waals surface area contributed by atoms with Gasteiger partial charge in [-0.15, -0.1) is 0 Å². The summed E-state index contributed by atoms with van der Waals surface area (Å²) in [6, 6.07) is 13.8. The lowest BCUT2D eigenvalue weighted by molar-refractivity contribution is 0.184. The summed E-state index contributed by atoms with van der Waals surface area (Å²) in [6.45, 7) is 1.04. The molecule has 0 unspecified atom stereocenters. The lowest BCUT2D eigenvalue weighted by Gasteiger charge is -2.11. The molecule has 116 valence electrons. The third kappa shape index (κ3) is 4.56. The van der Waals surface area contributed by atoms with E-state index in [1.807, 2.05) is 24.3 Å². The van der Waals surface area contributed by atoms with Gasteiger partial charge in [0.2, 0.25) is 0 Å². The summed E-state index contributed by atoms with van der Waals surface area (Å²) in [4.78, 5) is 11.8. The number of ether oxygens (including phenoxy) is 1. The number of carbonyl (C=O) groups is 1. The largest absolute Gasteiger partial charge is 0.380 e. The quantitative estimate of drug-likeness (QED) is 0.862. The molecule has 0 fully saturated rings. The van der Waals surface area contributed by atoms with E-state index in [1.54, 1.807) is 25.3 Å². The summed E-state index contributed by atoms with van der Waals surface area (Å²) in [5.74, 6) is -0.326. The molecule has 0 atom stereocenters. The minimum Gasteiger partial charge on any atom is -0.380 e. The molecule has 22 heavy (non-hydrogen) atoms. The predicted molar refractivity (Wildman–Crippen MR) is 82.6 cm³/mol. The van der Waals surface area contributed by atoms with Crippen molar-refractivity contribution in [1.82, 2.24) is 10.6 Å². The van der Waals surface area contributed by atoms with Crippen molar-refractivity contribution in [3.8, 4) is 0 Å². The average Bonchev–Trinajstić information content (AvgIpc) is 2.53. The third-order valence-corrected chi connectivity index (χ3v) is 3.25. The van der Waals surface area contributed by atoms with Gasteiger partial charge < -0.3 is 15.4 Å². The SMILES string of the molecule is COCc1ccccc1CNC(=O)NCc1ccccc1F. The summed E-state index contributed by atoms with van der Waals surface area (Å²) < 4.78 is 18.6. The van der Waals surface area contributed by atoms with Gasteiger partial charge in [0.05, 0.1) is 6.61 Å². The van der Waals surface area contributed by atoms with E-state index in [2.05, 4.69) is 10.6 Å². The Hall–Kier alpha value is -2.40. The second-order valence-electron chi connectivity index (χ2n) is 4.83. The molecule has 0 heterocycles. The maximum Gasteiger partial charge on any atom is 0.315 e. The Kier molecular flexibility index (Phi) is 5.91. The highest BCUT2D eigenvalue weighted by molar-refractivity contribution is 5.73. The molecular weight excluding hydrogens is 283 g/mol. The fourth-order valence-corrected chi connectivity index (χ4v) is 2.08. The van der Waals surface area contributed by atoms with Crippen LogP contribution in [0.1, 0.15) is 16.7 Å². The number of halogens is 1. The highest BCUT2D eigenvalue weighted by Gasteiger charge is 2.06. The van der Waals surface area contributed by atoms with Crippen LogP contribution < -0.4 is 10.6 Å². The molecule has 5 heteroatoms. The summed E-state index contributed by atoms with van der Waals surface area (Å²) in [6.07, 6.45) is 0. The van der Waals surface area contributed by atoms with Crippen molar-refractivity contribution in [3.63, 3.8) is 0 Å². The minimum absolute atomic E-state index is 0.151. The van der Waals surface area contributed by atoms with Crippen LogP contribution in [0.25, 0.3) is 0 Å². The van der Waals surface area contributed by atoms with Crippen LogP contribution in [-0.4, -0.2) is 13.1 Å². The molecule has 0 aromatic heterocycles. The van der Waals surface area contributed by atoms with E-state index < -0.39 is 0 Å². The number of amides is 2. The number of rotatable bonds is 6. The lowest BCUT2D eigenvalue weighted by atomic mass is 10.1. The van der Waals surface area contributed by atoms with E-state index in [-0.39, 0.29) is 18.4 Å². The Bertz CT molecular complexity index is 632. The molecule has 2 amide bonds. The molecule has 0 spiro atoms. The van der Waals surface area contributed by atoms with Gasteiger partial charge in [-0.25, -0.2) is 9.18 Å². The monoisotopic (exact) mass is 302 g/mol. The Morgan fingerprint density at radius 3 is 2.14 bits per heavy atom. The molecule has 2 rings (SSSR count). The Morgan fingerprint density at radius 1 is 0.955 bits per heavy atom. The molecule has 0 aliphatic rings. The van der Waals surface area contributed by atoms with Gasteiger partial charge in [-0.2, -0.15) is 0 Å².